The first-order valence-corrected chi connectivity index (χ1v) is 14.4. The minimum atomic E-state index is -4.14. The molecule has 0 radical (unpaired) electrons. The highest BCUT2D eigenvalue weighted by Gasteiger charge is 2.29. The van der Waals surface area contributed by atoms with E-state index in [1.807, 2.05) is 57.2 Å². The Kier molecular flexibility index (Phi) is 10.7. The van der Waals surface area contributed by atoms with Crippen LogP contribution in [0.4, 0.5) is 5.69 Å². The first-order valence-electron chi connectivity index (χ1n) is 13.0. The van der Waals surface area contributed by atoms with Crippen molar-refractivity contribution in [3.05, 3.63) is 89.5 Å². The van der Waals surface area contributed by atoms with E-state index in [2.05, 4.69) is 10.0 Å². The quantitative estimate of drug-likeness (QED) is 0.220. The summed E-state index contributed by atoms with van der Waals surface area (Å²) in [6.07, 6.45) is 1.83. The fraction of sp³-hybridized carbons (Fsp3) is 0.333. The first-order chi connectivity index (χ1) is 18.6. The van der Waals surface area contributed by atoms with Crippen molar-refractivity contribution in [3.8, 4) is 5.75 Å². The molecule has 0 bridgehead atoms. The number of hydrogen-bond donors (Lipinski definition) is 2. The van der Waals surface area contributed by atoms with Gasteiger partial charge in [-0.05, 0) is 66.3 Å². The van der Waals surface area contributed by atoms with E-state index in [1.54, 1.807) is 36.4 Å². The van der Waals surface area contributed by atoms with Gasteiger partial charge in [0.15, 0.2) is 0 Å². The van der Waals surface area contributed by atoms with Gasteiger partial charge < -0.3 is 14.8 Å². The van der Waals surface area contributed by atoms with Crippen molar-refractivity contribution < 1.29 is 27.5 Å². The molecule has 2 N–H and O–H groups in total. The molecule has 0 aromatic heterocycles. The van der Waals surface area contributed by atoms with E-state index in [1.165, 1.54) is 7.11 Å². The molecule has 0 fully saturated rings. The summed E-state index contributed by atoms with van der Waals surface area (Å²) in [6.45, 7) is 6.29. The molecule has 0 aliphatic carbocycles. The number of unbranched alkanes of at least 4 members (excludes halogenated alkanes) is 1. The first kappa shape index (κ1) is 29.9. The lowest BCUT2D eigenvalue weighted by molar-refractivity contribution is -0.117. The largest absolute Gasteiger partial charge is 0.495 e. The van der Waals surface area contributed by atoms with Gasteiger partial charge in [-0.1, -0.05) is 63.6 Å². The third kappa shape index (κ3) is 8.40. The lowest BCUT2D eigenvalue weighted by Gasteiger charge is -2.20. The number of nitrogens with one attached hydrogen (secondary N) is 2. The summed E-state index contributed by atoms with van der Waals surface area (Å²) in [5.74, 6) is -0.694. The lowest BCUT2D eigenvalue weighted by atomic mass is 10.0. The number of sulfonamides is 1. The van der Waals surface area contributed by atoms with E-state index in [4.69, 9.17) is 9.47 Å². The number of ether oxygens (including phenoxy) is 2. The van der Waals surface area contributed by atoms with E-state index >= 15 is 0 Å². The molecule has 0 saturated heterocycles. The Balaban J connectivity index is 1.84. The molecule has 1 amide bonds. The molecule has 0 aliphatic rings. The zero-order valence-electron chi connectivity index (χ0n) is 22.8. The van der Waals surface area contributed by atoms with Crippen LogP contribution in [0.2, 0.25) is 0 Å². The van der Waals surface area contributed by atoms with Crippen LogP contribution in [0.5, 0.6) is 5.75 Å². The standard InChI is InChI=1S/C30H36N2O6S/c1-5-6-18-38-30(34)23-12-15-25(16-13-23)31-29(33)26(19-22-10-8-7-9-11-22)32-39(35,36)28-20-24(21(2)3)14-17-27(28)37-4/h7-17,20-21,26,32H,5-6,18-19H2,1-4H3,(H,31,33). The summed E-state index contributed by atoms with van der Waals surface area (Å²) >= 11 is 0. The lowest BCUT2D eigenvalue weighted by Crippen LogP contribution is -2.45. The third-order valence-corrected chi connectivity index (χ3v) is 7.65. The summed E-state index contributed by atoms with van der Waals surface area (Å²) < 4.78 is 40.2. The highest BCUT2D eigenvalue weighted by Crippen LogP contribution is 2.28. The van der Waals surface area contributed by atoms with E-state index in [0.29, 0.717) is 17.9 Å². The monoisotopic (exact) mass is 552 g/mol. The summed E-state index contributed by atoms with van der Waals surface area (Å²) in [7, 11) is -2.74. The summed E-state index contributed by atoms with van der Waals surface area (Å²) in [6, 6.07) is 19.3. The number of hydrogen-bond acceptors (Lipinski definition) is 6. The Morgan fingerprint density at radius 3 is 2.26 bits per heavy atom. The maximum atomic E-state index is 13.5. The molecule has 0 heterocycles. The van der Waals surface area contributed by atoms with E-state index < -0.39 is 27.9 Å². The predicted molar refractivity (Wildman–Crippen MR) is 152 cm³/mol. The summed E-state index contributed by atoms with van der Waals surface area (Å²) in [5, 5.41) is 2.76. The fourth-order valence-electron chi connectivity index (χ4n) is 3.86. The smallest absolute Gasteiger partial charge is 0.338 e. The average Bonchev–Trinajstić information content (AvgIpc) is 2.93. The Hall–Kier alpha value is -3.69. The second kappa shape index (κ2) is 13.9. The molecular weight excluding hydrogens is 516 g/mol. The van der Waals surface area contributed by atoms with Gasteiger partial charge in [0.2, 0.25) is 15.9 Å². The number of anilines is 1. The van der Waals surface area contributed by atoms with E-state index in [0.717, 1.165) is 24.0 Å². The molecule has 0 aliphatic heterocycles. The number of amides is 1. The second-order valence-corrected chi connectivity index (χ2v) is 11.2. The molecule has 39 heavy (non-hydrogen) atoms. The fourth-order valence-corrected chi connectivity index (χ4v) is 5.26. The maximum absolute atomic E-state index is 13.5. The molecule has 3 aromatic rings. The Morgan fingerprint density at radius 2 is 1.64 bits per heavy atom. The van der Waals surface area contributed by atoms with Gasteiger partial charge in [-0.2, -0.15) is 4.72 Å². The number of benzene rings is 3. The van der Waals surface area contributed by atoms with Crippen LogP contribution < -0.4 is 14.8 Å². The van der Waals surface area contributed by atoms with Crippen LogP contribution in [-0.2, 0) is 26.0 Å². The molecule has 9 heteroatoms. The van der Waals surface area contributed by atoms with Gasteiger partial charge in [-0.15, -0.1) is 0 Å². The third-order valence-electron chi connectivity index (χ3n) is 6.16. The highest BCUT2D eigenvalue weighted by molar-refractivity contribution is 7.89. The van der Waals surface area contributed by atoms with Crippen LogP contribution >= 0.6 is 0 Å². The van der Waals surface area contributed by atoms with Crippen molar-refractivity contribution >= 4 is 27.6 Å². The van der Waals surface area contributed by atoms with Crippen LogP contribution in [0.15, 0.2) is 77.7 Å². The number of rotatable bonds is 13. The van der Waals surface area contributed by atoms with Crippen molar-refractivity contribution in [2.45, 2.75) is 56.9 Å². The SMILES string of the molecule is CCCCOC(=O)c1ccc(NC(=O)C(Cc2ccccc2)NS(=O)(=O)c2cc(C(C)C)ccc2OC)cc1. The van der Waals surface area contributed by atoms with Gasteiger partial charge in [-0.25, -0.2) is 13.2 Å². The molecule has 0 spiro atoms. The number of esters is 1. The van der Waals surface area contributed by atoms with Crippen molar-refractivity contribution in [1.29, 1.82) is 0 Å². The Morgan fingerprint density at radius 1 is 0.949 bits per heavy atom. The minimum absolute atomic E-state index is 0.0343. The van der Waals surface area contributed by atoms with Gasteiger partial charge in [0.25, 0.3) is 0 Å². The highest BCUT2D eigenvalue weighted by atomic mass is 32.2. The normalized spacial score (nSPS) is 12.1. The molecule has 0 saturated carbocycles. The van der Waals surface area contributed by atoms with Gasteiger partial charge in [0, 0.05) is 5.69 Å². The van der Waals surface area contributed by atoms with Crippen LogP contribution in [0.1, 0.15) is 61.0 Å². The van der Waals surface area contributed by atoms with Crippen LogP contribution in [-0.4, -0.2) is 40.1 Å². The van der Waals surface area contributed by atoms with Crippen LogP contribution in [0.25, 0.3) is 0 Å². The molecule has 1 unspecified atom stereocenters. The van der Waals surface area contributed by atoms with E-state index in [-0.39, 0.29) is 23.0 Å². The zero-order chi connectivity index (χ0) is 28.4. The zero-order valence-corrected chi connectivity index (χ0v) is 23.6. The molecule has 1 atom stereocenters. The molecule has 8 nitrogen and oxygen atoms in total. The number of carbonyl (C=O) groups excluding carboxylic acids is 2. The number of methoxy groups -OCH3 is 1. The molecule has 3 rings (SSSR count). The van der Waals surface area contributed by atoms with Gasteiger partial charge in [0.05, 0.1) is 19.3 Å². The molecular formula is C30H36N2O6S. The summed E-state index contributed by atoms with van der Waals surface area (Å²) in [5.41, 5.74) is 2.39. The van der Waals surface area contributed by atoms with Crippen molar-refractivity contribution in [2.24, 2.45) is 0 Å². The van der Waals surface area contributed by atoms with Gasteiger partial charge >= 0.3 is 5.97 Å². The topological polar surface area (TPSA) is 111 Å². The minimum Gasteiger partial charge on any atom is -0.495 e. The summed E-state index contributed by atoms with van der Waals surface area (Å²) in [4.78, 5) is 25.5. The van der Waals surface area contributed by atoms with Crippen molar-refractivity contribution in [2.75, 3.05) is 19.0 Å². The van der Waals surface area contributed by atoms with Crippen molar-refractivity contribution in [3.63, 3.8) is 0 Å². The predicted octanol–water partition coefficient (Wildman–Crippen LogP) is 5.30. The van der Waals surface area contributed by atoms with Crippen molar-refractivity contribution in [1.82, 2.24) is 4.72 Å². The van der Waals surface area contributed by atoms with Crippen LogP contribution in [0.3, 0.4) is 0 Å². The Labute approximate surface area is 230 Å². The van der Waals surface area contributed by atoms with Crippen LogP contribution in [0, 0.1) is 0 Å². The van der Waals surface area contributed by atoms with Gasteiger partial charge in [-0.3, -0.25) is 4.79 Å². The molecule has 208 valence electrons. The van der Waals surface area contributed by atoms with Gasteiger partial charge in [0.1, 0.15) is 16.7 Å². The maximum Gasteiger partial charge on any atom is 0.338 e. The van der Waals surface area contributed by atoms with E-state index in [9.17, 15) is 18.0 Å². The molecule has 3 aromatic carbocycles. The average molecular weight is 553 g/mol. The second-order valence-electron chi connectivity index (χ2n) is 9.48. The Bertz CT molecular complexity index is 1360. The number of carbonyl (C=O) groups is 2.